The van der Waals surface area contributed by atoms with Crippen LogP contribution in [0.2, 0.25) is 0 Å². The summed E-state index contributed by atoms with van der Waals surface area (Å²) in [5.74, 6) is 0.0312. The van der Waals surface area contributed by atoms with Gasteiger partial charge in [-0.1, -0.05) is 0 Å². The number of aromatic nitrogens is 4. The smallest absolute Gasteiger partial charge is 0.381 e. The summed E-state index contributed by atoms with van der Waals surface area (Å²) in [4.78, 5) is 35.4. The van der Waals surface area contributed by atoms with Crippen LogP contribution >= 0.6 is 0 Å². The second kappa shape index (κ2) is 10.5. The van der Waals surface area contributed by atoms with Crippen LogP contribution in [0.25, 0.3) is 0 Å². The van der Waals surface area contributed by atoms with Crippen molar-refractivity contribution in [1.82, 2.24) is 25.1 Å². The number of ether oxygens (including phenoxy) is 1. The summed E-state index contributed by atoms with van der Waals surface area (Å²) in [6.45, 7) is 0.966. The fourth-order valence-corrected chi connectivity index (χ4v) is 4.64. The zero-order valence-electron chi connectivity index (χ0n) is 19.3. The second-order valence-corrected chi connectivity index (χ2v) is 8.54. The van der Waals surface area contributed by atoms with E-state index in [0.29, 0.717) is 25.9 Å². The molecule has 2 aromatic heterocycles. The van der Waals surface area contributed by atoms with Crippen LogP contribution in [0.5, 0.6) is 0 Å². The molecule has 2 aromatic rings. The minimum atomic E-state index is -4.85. The lowest BCUT2D eigenvalue weighted by atomic mass is 10.1. The molecular weight excluding hydrogens is 512 g/mol. The van der Waals surface area contributed by atoms with Crippen LogP contribution in [0.1, 0.15) is 30.4 Å². The standard InChI is InChI=1S/C21H23F6N7O3/c22-20(23,24)12-9-29-19(30-10-12)34-6-2-14-15(34)1-5-33(14)16(35)3-7-37-8-4-28-13-11-31-32-18(36)17(13)21(25,26)27/h9-11,14-15H,1-8H2,(H2,28,32,36). The summed E-state index contributed by atoms with van der Waals surface area (Å²) >= 11 is 0. The van der Waals surface area contributed by atoms with Gasteiger partial charge in [-0.05, 0) is 12.8 Å². The van der Waals surface area contributed by atoms with Gasteiger partial charge >= 0.3 is 12.4 Å². The minimum Gasteiger partial charge on any atom is -0.381 e. The van der Waals surface area contributed by atoms with Crippen LogP contribution in [0.3, 0.4) is 0 Å². The van der Waals surface area contributed by atoms with Crippen LogP contribution in [0, 0.1) is 0 Å². The van der Waals surface area contributed by atoms with Gasteiger partial charge in [-0.25, -0.2) is 15.1 Å². The number of likely N-dealkylation sites (tertiary alicyclic amines) is 1. The molecule has 0 bridgehead atoms. The predicted molar refractivity (Wildman–Crippen MR) is 117 cm³/mol. The van der Waals surface area contributed by atoms with Crippen molar-refractivity contribution in [1.29, 1.82) is 0 Å². The molecule has 1 amide bonds. The normalized spacial score (nSPS) is 19.8. The van der Waals surface area contributed by atoms with E-state index in [4.69, 9.17) is 4.74 Å². The fourth-order valence-electron chi connectivity index (χ4n) is 4.64. The topological polar surface area (TPSA) is 116 Å². The zero-order valence-corrected chi connectivity index (χ0v) is 19.3. The van der Waals surface area contributed by atoms with Crippen LogP contribution in [0.15, 0.2) is 23.4 Å². The van der Waals surface area contributed by atoms with Crippen LogP contribution < -0.4 is 15.8 Å². The molecule has 2 saturated heterocycles. The quantitative estimate of drug-likeness (QED) is 0.391. The van der Waals surface area contributed by atoms with E-state index in [9.17, 15) is 35.9 Å². The largest absolute Gasteiger partial charge is 0.423 e. The van der Waals surface area contributed by atoms with Gasteiger partial charge in [-0.2, -0.15) is 31.4 Å². The summed E-state index contributed by atoms with van der Waals surface area (Å²) < 4.78 is 82.8. The van der Waals surface area contributed by atoms with Gasteiger partial charge in [0, 0.05) is 32.0 Å². The zero-order chi connectivity index (χ0) is 26.8. The van der Waals surface area contributed by atoms with E-state index < -0.39 is 34.7 Å². The third-order valence-corrected chi connectivity index (χ3v) is 6.28. The Morgan fingerprint density at radius 1 is 1.03 bits per heavy atom. The summed E-state index contributed by atoms with van der Waals surface area (Å²) in [6, 6.07) is -0.221. The second-order valence-electron chi connectivity index (χ2n) is 8.54. The maximum atomic E-state index is 13.0. The van der Waals surface area contributed by atoms with E-state index in [-0.39, 0.29) is 50.1 Å². The van der Waals surface area contributed by atoms with Gasteiger partial charge in [0.1, 0.15) is 5.56 Å². The Morgan fingerprint density at radius 2 is 1.73 bits per heavy atom. The summed E-state index contributed by atoms with van der Waals surface area (Å²) in [6.07, 6.45) is -5.72. The maximum Gasteiger partial charge on any atom is 0.423 e. The third kappa shape index (κ3) is 5.94. The van der Waals surface area contributed by atoms with Gasteiger partial charge in [-0.3, -0.25) is 9.59 Å². The number of anilines is 2. The number of aromatic amines is 1. The van der Waals surface area contributed by atoms with Gasteiger partial charge in [0.05, 0.1) is 49.2 Å². The number of alkyl halides is 6. The molecule has 4 rings (SSSR count). The molecule has 0 aromatic carbocycles. The van der Waals surface area contributed by atoms with Crippen molar-refractivity contribution in [3.05, 3.63) is 40.1 Å². The molecule has 0 spiro atoms. The molecule has 2 atom stereocenters. The third-order valence-electron chi connectivity index (χ3n) is 6.28. The number of fused-ring (bicyclic) bond motifs is 1. The van der Waals surface area contributed by atoms with Crippen molar-refractivity contribution in [3.8, 4) is 0 Å². The molecule has 2 unspecified atom stereocenters. The van der Waals surface area contributed by atoms with Crippen molar-refractivity contribution in [2.75, 3.05) is 43.1 Å². The lowest BCUT2D eigenvalue weighted by Gasteiger charge is -2.25. The van der Waals surface area contributed by atoms with Gasteiger partial charge in [-0.15, -0.1) is 0 Å². The van der Waals surface area contributed by atoms with E-state index in [0.717, 1.165) is 18.6 Å². The number of halogens is 6. The molecule has 10 nitrogen and oxygen atoms in total. The molecule has 2 aliphatic rings. The molecule has 202 valence electrons. The average molecular weight is 535 g/mol. The highest BCUT2D eigenvalue weighted by Gasteiger charge is 2.45. The van der Waals surface area contributed by atoms with Crippen molar-refractivity contribution in [3.63, 3.8) is 0 Å². The van der Waals surface area contributed by atoms with E-state index in [1.165, 1.54) is 0 Å². The molecule has 2 fully saturated rings. The first-order valence-corrected chi connectivity index (χ1v) is 11.4. The Labute approximate surface area is 206 Å². The summed E-state index contributed by atoms with van der Waals surface area (Å²) in [5, 5.41) is 7.56. The lowest BCUT2D eigenvalue weighted by molar-refractivity contribution is -0.139. The number of nitrogens with zero attached hydrogens (tertiary/aromatic N) is 5. The molecule has 37 heavy (non-hydrogen) atoms. The van der Waals surface area contributed by atoms with Gasteiger partial charge in [0.15, 0.2) is 0 Å². The van der Waals surface area contributed by atoms with Gasteiger partial charge in [0.25, 0.3) is 5.56 Å². The number of hydrogen-bond acceptors (Lipinski definition) is 8. The van der Waals surface area contributed by atoms with Crippen LogP contribution in [0.4, 0.5) is 38.0 Å². The summed E-state index contributed by atoms with van der Waals surface area (Å²) in [5.41, 5.74) is -4.14. The Balaban J connectivity index is 1.22. The Morgan fingerprint density at radius 3 is 2.41 bits per heavy atom. The predicted octanol–water partition coefficient (Wildman–Crippen LogP) is 2.30. The summed E-state index contributed by atoms with van der Waals surface area (Å²) in [7, 11) is 0. The number of carbonyl (C=O) groups excluding carboxylic acids is 1. The van der Waals surface area contributed by atoms with Crippen LogP contribution in [-0.4, -0.2) is 75.9 Å². The first-order chi connectivity index (χ1) is 17.5. The number of hydrogen-bond donors (Lipinski definition) is 2. The minimum absolute atomic E-state index is 0.0114. The first-order valence-electron chi connectivity index (χ1n) is 11.4. The van der Waals surface area contributed by atoms with Gasteiger partial charge in [0.2, 0.25) is 11.9 Å². The molecule has 2 N–H and O–H groups in total. The molecule has 0 radical (unpaired) electrons. The van der Waals surface area contributed by atoms with E-state index in [2.05, 4.69) is 20.4 Å². The highest BCUT2D eigenvalue weighted by atomic mass is 19.4. The van der Waals surface area contributed by atoms with E-state index in [1.807, 2.05) is 4.90 Å². The number of amides is 1. The molecule has 2 aliphatic heterocycles. The monoisotopic (exact) mass is 535 g/mol. The van der Waals surface area contributed by atoms with Crippen LogP contribution in [-0.2, 0) is 21.9 Å². The molecule has 4 heterocycles. The molecule has 0 saturated carbocycles. The van der Waals surface area contributed by atoms with E-state index >= 15 is 0 Å². The average Bonchev–Trinajstić information content (AvgIpc) is 3.42. The Hall–Kier alpha value is -3.43. The number of rotatable bonds is 8. The maximum absolute atomic E-state index is 13.0. The highest BCUT2D eigenvalue weighted by Crippen LogP contribution is 2.35. The van der Waals surface area contributed by atoms with Gasteiger partial charge < -0.3 is 19.9 Å². The fraction of sp³-hybridized carbons (Fsp3) is 0.571. The molecule has 16 heteroatoms. The number of nitrogens with one attached hydrogen (secondary N) is 2. The number of H-pyrrole nitrogens is 1. The molecule has 0 aliphatic carbocycles. The van der Waals surface area contributed by atoms with Crippen molar-refractivity contribution in [2.24, 2.45) is 0 Å². The SMILES string of the molecule is O=C(CCOCCNc1cn[nH]c(=O)c1C(F)(F)F)N1CCC2C1CCN2c1ncc(C(F)(F)F)cn1. The number of carbonyl (C=O) groups is 1. The lowest BCUT2D eigenvalue weighted by Crippen LogP contribution is -2.40. The highest BCUT2D eigenvalue weighted by molar-refractivity contribution is 5.77. The van der Waals surface area contributed by atoms with E-state index in [1.54, 1.807) is 10.00 Å². The van der Waals surface area contributed by atoms with Crippen molar-refractivity contribution < 1.29 is 35.9 Å². The molecular formula is C21H23F6N7O3. The van der Waals surface area contributed by atoms with Crippen molar-refractivity contribution >= 4 is 17.5 Å². The first kappa shape index (κ1) is 26.6. The van der Waals surface area contributed by atoms with Crippen molar-refractivity contribution in [2.45, 2.75) is 43.7 Å². The Kier molecular flexibility index (Phi) is 7.57. The Bertz CT molecular complexity index is 1160.